The first kappa shape index (κ1) is 14.4. The Bertz CT molecular complexity index is 640. The highest BCUT2D eigenvalue weighted by atomic mass is 32.1. The predicted molar refractivity (Wildman–Crippen MR) is 78.7 cm³/mol. The van der Waals surface area contributed by atoms with Gasteiger partial charge in [-0.05, 0) is 26.1 Å². The van der Waals surface area contributed by atoms with Crippen molar-refractivity contribution in [3.05, 3.63) is 51.5 Å². The summed E-state index contributed by atoms with van der Waals surface area (Å²) in [5.41, 5.74) is 2.18. The summed E-state index contributed by atoms with van der Waals surface area (Å²) in [6.45, 7) is 2.96. The number of aryl methyl sites for hydroxylation is 1. The first-order chi connectivity index (χ1) is 9.58. The maximum Gasteiger partial charge on any atom is 0.176 e. The summed E-state index contributed by atoms with van der Waals surface area (Å²) in [4.78, 5) is 18.4. The zero-order valence-corrected chi connectivity index (χ0v) is 12.3. The Morgan fingerprint density at radius 3 is 2.65 bits per heavy atom. The van der Waals surface area contributed by atoms with E-state index in [1.165, 1.54) is 0 Å². The van der Waals surface area contributed by atoms with Crippen LogP contribution in [0.25, 0.3) is 0 Å². The van der Waals surface area contributed by atoms with Gasteiger partial charge in [-0.15, -0.1) is 11.3 Å². The normalized spacial score (nSPS) is 10.5. The molecule has 0 saturated carbocycles. The summed E-state index contributed by atoms with van der Waals surface area (Å²) in [6, 6.07) is 8.76. The van der Waals surface area contributed by atoms with E-state index in [9.17, 15) is 4.79 Å². The highest BCUT2D eigenvalue weighted by Gasteiger charge is 2.11. The molecule has 0 unspecified atom stereocenters. The Morgan fingerprint density at radius 2 is 2.10 bits per heavy atom. The topological polar surface area (TPSA) is 57.0 Å². The van der Waals surface area contributed by atoms with E-state index in [0.717, 1.165) is 10.7 Å². The van der Waals surface area contributed by atoms with E-state index in [1.807, 2.05) is 30.3 Å². The monoisotopic (exact) mass is 285 g/mol. The van der Waals surface area contributed by atoms with E-state index in [1.54, 1.807) is 35.6 Å². The fourth-order valence-corrected chi connectivity index (χ4v) is 2.48. The largest absolute Gasteiger partial charge is 0.293 e. The molecule has 0 aliphatic heterocycles. The summed E-state index contributed by atoms with van der Waals surface area (Å²) >= 11 is 1.61. The second kappa shape index (κ2) is 6.42. The van der Waals surface area contributed by atoms with Crippen molar-refractivity contribution in [3.8, 4) is 6.07 Å². The Labute approximate surface area is 122 Å². The van der Waals surface area contributed by atoms with Gasteiger partial charge in [0.1, 0.15) is 0 Å². The molecule has 0 saturated heterocycles. The molecule has 1 heterocycles. The number of hydrogen-bond acceptors (Lipinski definition) is 5. The van der Waals surface area contributed by atoms with Crippen molar-refractivity contribution in [2.75, 3.05) is 13.6 Å². The van der Waals surface area contributed by atoms with Crippen molar-refractivity contribution in [3.63, 3.8) is 0 Å². The molecule has 0 bridgehead atoms. The van der Waals surface area contributed by atoms with Gasteiger partial charge in [0.2, 0.25) is 0 Å². The molecule has 4 nitrogen and oxygen atoms in total. The van der Waals surface area contributed by atoms with Crippen molar-refractivity contribution >= 4 is 17.1 Å². The third kappa shape index (κ3) is 3.73. The molecule has 5 heteroatoms. The van der Waals surface area contributed by atoms with Crippen LogP contribution in [0.15, 0.2) is 29.6 Å². The number of carbonyl (C=O) groups excluding carboxylic acids is 1. The molecule has 0 aliphatic carbocycles. The number of thiazole rings is 1. The lowest BCUT2D eigenvalue weighted by atomic mass is 10.1. The van der Waals surface area contributed by atoms with Gasteiger partial charge in [-0.2, -0.15) is 5.26 Å². The zero-order valence-electron chi connectivity index (χ0n) is 11.5. The highest BCUT2D eigenvalue weighted by molar-refractivity contribution is 7.09. The average Bonchev–Trinajstić information content (AvgIpc) is 2.84. The molecule has 1 aromatic carbocycles. The Kier molecular flexibility index (Phi) is 4.61. The molecule has 0 N–H and O–H groups in total. The number of rotatable bonds is 5. The molecule has 0 atom stereocenters. The Balaban J connectivity index is 1.94. The number of carbonyl (C=O) groups is 1. The summed E-state index contributed by atoms with van der Waals surface area (Å²) in [6.07, 6.45) is 0. The van der Waals surface area contributed by atoms with Crippen LogP contribution in [0.2, 0.25) is 0 Å². The van der Waals surface area contributed by atoms with Gasteiger partial charge in [0, 0.05) is 17.5 Å². The highest BCUT2D eigenvalue weighted by Crippen LogP contribution is 2.10. The fourth-order valence-electron chi connectivity index (χ4n) is 1.88. The van der Waals surface area contributed by atoms with Crippen LogP contribution >= 0.6 is 11.3 Å². The van der Waals surface area contributed by atoms with Gasteiger partial charge in [0.25, 0.3) is 0 Å². The van der Waals surface area contributed by atoms with Gasteiger partial charge in [0.05, 0.1) is 28.9 Å². The van der Waals surface area contributed by atoms with E-state index < -0.39 is 0 Å². The van der Waals surface area contributed by atoms with Crippen LogP contribution in [0.5, 0.6) is 0 Å². The molecular formula is C15H15N3OS. The summed E-state index contributed by atoms with van der Waals surface area (Å²) < 4.78 is 0. The maximum absolute atomic E-state index is 12.1. The number of hydrogen-bond donors (Lipinski definition) is 0. The van der Waals surface area contributed by atoms with E-state index in [4.69, 9.17) is 5.26 Å². The predicted octanol–water partition coefficient (Wildman–Crippen LogP) is 2.64. The zero-order chi connectivity index (χ0) is 14.5. The Hall–Kier alpha value is -2.03. The number of Topliss-reactive ketones (excluding diaryl/α,β-unsaturated/α-hetero) is 1. The van der Waals surface area contributed by atoms with Gasteiger partial charge in [0.15, 0.2) is 5.78 Å². The number of likely N-dealkylation sites (N-methyl/N-ethyl adjacent to an activating group) is 1. The van der Waals surface area contributed by atoms with Gasteiger partial charge in [-0.1, -0.05) is 12.1 Å². The lowest BCUT2D eigenvalue weighted by Crippen LogP contribution is -2.25. The summed E-state index contributed by atoms with van der Waals surface area (Å²) in [5, 5.41) is 11.8. The second-order valence-corrected chi connectivity index (χ2v) is 5.70. The van der Waals surface area contributed by atoms with Crippen LogP contribution in [0.4, 0.5) is 0 Å². The first-order valence-corrected chi connectivity index (χ1v) is 7.09. The minimum atomic E-state index is 0.0453. The van der Waals surface area contributed by atoms with Crippen molar-refractivity contribution in [1.29, 1.82) is 5.26 Å². The SMILES string of the molecule is Cc1nc(CN(C)CC(=O)c2ccc(C#N)cc2)cs1. The van der Waals surface area contributed by atoms with Crippen molar-refractivity contribution in [2.45, 2.75) is 13.5 Å². The third-order valence-corrected chi connectivity index (χ3v) is 3.67. The maximum atomic E-state index is 12.1. The van der Waals surface area contributed by atoms with Gasteiger partial charge >= 0.3 is 0 Å². The van der Waals surface area contributed by atoms with E-state index >= 15 is 0 Å². The number of ketones is 1. The number of aromatic nitrogens is 1. The molecule has 2 aromatic rings. The van der Waals surface area contributed by atoms with Crippen LogP contribution in [-0.4, -0.2) is 29.3 Å². The van der Waals surface area contributed by atoms with E-state index in [-0.39, 0.29) is 5.78 Å². The van der Waals surface area contributed by atoms with Crippen LogP contribution in [-0.2, 0) is 6.54 Å². The number of nitrogens with zero attached hydrogens (tertiary/aromatic N) is 3. The smallest absolute Gasteiger partial charge is 0.176 e. The molecule has 2 rings (SSSR count). The van der Waals surface area contributed by atoms with Gasteiger partial charge in [-0.25, -0.2) is 4.98 Å². The van der Waals surface area contributed by atoms with E-state index in [2.05, 4.69) is 4.98 Å². The molecule has 0 spiro atoms. The molecule has 20 heavy (non-hydrogen) atoms. The van der Waals surface area contributed by atoms with E-state index in [0.29, 0.717) is 24.2 Å². The first-order valence-electron chi connectivity index (χ1n) is 6.21. The van der Waals surface area contributed by atoms with Gasteiger partial charge in [-0.3, -0.25) is 9.69 Å². The third-order valence-electron chi connectivity index (χ3n) is 2.85. The second-order valence-electron chi connectivity index (χ2n) is 4.64. The van der Waals surface area contributed by atoms with Crippen LogP contribution in [0.1, 0.15) is 26.6 Å². The summed E-state index contributed by atoms with van der Waals surface area (Å²) in [7, 11) is 1.90. The average molecular weight is 285 g/mol. The number of benzene rings is 1. The molecule has 102 valence electrons. The summed E-state index contributed by atoms with van der Waals surface area (Å²) in [5.74, 6) is 0.0453. The number of nitriles is 1. The van der Waals surface area contributed by atoms with Crippen molar-refractivity contribution < 1.29 is 4.79 Å². The molecule has 0 fully saturated rings. The van der Waals surface area contributed by atoms with Crippen LogP contribution in [0, 0.1) is 18.3 Å². The molecule has 0 radical (unpaired) electrons. The Morgan fingerprint density at radius 1 is 1.40 bits per heavy atom. The van der Waals surface area contributed by atoms with Gasteiger partial charge < -0.3 is 0 Å². The fraction of sp³-hybridized carbons (Fsp3) is 0.267. The molecular weight excluding hydrogens is 270 g/mol. The van der Waals surface area contributed by atoms with Crippen molar-refractivity contribution in [1.82, 2.24) is 9.88 Å². The van der Waals surface area contributed by atoms with Crippen LogP contribution in [0.3, 0.4) is 0 Å². The molecule has 0 aliphatic rings. The van der Waals surface area contributed by atoms with Crippen LogP contribution < -0.4 is 0 Å². The minimum Gasteiger partial charge on any atom is -0.293 e. The quantitative estimate of drug-likeness (QED) is 0.792. The minimum absolute atomic E-state index is 0.0453. The molecule has 1 aromatic heterocycles. The molecule has 0 amide bonds. The standard InChI is InChI=1S/C15H15N3OS/c1-11-17-14(10-20-11)8-18(2)9-15(19)13-5-3-12(7-16)4-6-13/h3-6,10H,8-9H2,1-2H3. The lowest BCUT2D eigenvalue weighted by Gasteiger charge is -2.14. The van der Waals surface area contributed by atoms with Crippen molar-refractivity contribution in [2.24, 2.45) is 0 Å². The lowest BCUT2D eigenvalue weighted by molar-refractivity contribution is 0.0942.